The molecule has 2 unspecified atom stereocenters. The largest absolute Gasteiger partial charge is 0.598 e. The van der Waals surface area contributed by atoms with Gasteiger partial charge in [0.25, 0.3) is 0 Å². The molecule has 0 radical (unpaired) electrons. The Bertz CT molecular complexity index is 541. The van der Waals surface area contributed by atoms with Crippen LogP contribution in [-0.2, 0) is 15.8 Å². The molecule has 0 amide bonds. The van der Waals surface area contributed by atoms with Crippen LogP contribution < -0.4 is 4.72 Å². The normalized spacial score (nSPS) is 17.0. The van der Waals surface area contributed by atoms with Gasteiger partial charge in [0.05, 0.1) is 6.04 Å². The molecule has 4 nitrogen and oxygen atoms in total. The van der Waals surface area contributed by atoms with Gasteiger partial charge in [0.2, 0.25) is 0 Å². The van der Waals surface area contributed by atoms with Gasteiger partial charge in [-0.05, 0) is 64.4 Å². The highest BCUT2D eigenvalue weighted by Crippen LogP contribution is 2.37. The molecule has 0 spiro atoms. The van der Waals surface area contributed by atoms with Crippen molar-refractivity contribution in [2.45, 2.75) is 89.7 Å². The summed E-state index contributed by atoms with van der Waals surface area (Å²) in [6.07, 6.45) is 2.68. The van der Waals surface area contributed by atoms with Crippen LogP contribution in [0, 0.1) is 0 Å². The molecule has 0 bridgehead atoms. The fraction of sp³-hybridized carbons (Fsp3) is 0.750. The van der Waals surface area contributed by atoms with Crippen molar-refractivity contribution in [2.75, 3.05) is 6.61 Å². The standard InChI is InChI=1S/C20H38N2O2SSi/c1-16(22-25(23)19(2,3)4)17(18-12-10-11-14-21-18)13-15-24-26(8,9)20(5,6)7/h10-12,14,16-17,22H,13,15H2,1-9H3/t16?,17?,25-/m0/s1. The Morgan fingerprint density at radius 2 is 1.81 bits per heavy atom. The fourth-order valence-corrected chi connectivity index (χ4v) is 4.25. The lowest BCUT2D eigenvalue weighted by Crippen LogP contribution is -2.46. The highest BCUT2D eigenvalue weighted by atomic mass is 32.2. The minimum atomic E-state index is -1.77. The van der Waals surface area contributed by atoms with E-state index in [0.29, 0.717) is 6.61 Å². The molecular formula is C20H38N2O2SSi. The average molecular weight is 399 g/mol. The summed E-state index contributed by atoms with van der Waals surface area (Å²) >= 11 is -1.11. The molecule has 26 heavy (non-hydrogen) atoms. The summed E-state index contributed by atoms with van der Waals surface area (Å²) in [6, 6.07) is 6.04. The molecule has 1 rings (SSSR count). The Hall–Kier alpha value is -0.403. The number of rotatable bonds is 8. The first-order chi connectivity index (χ1) is 11.8. The molecule has 0 aliphatic carbocycles. The summed E-state index contributed by atoms with van der Waals surface area (Å²) in [5.41, 5.74) is 1.03. The molecule has 0 saturated carbocycles. The monoisotopic (exact) mass is 398 g/mol. The lowest BCUT2D eigenvalue weighted by atomic mass is 9.94. The van der Waals surface area contributed by atoms with Gasteiger partial charge >= 0.3 is 0 Å². The number of hydrogen-bond donors (Lipinski definition) is 1. The number of nitrogens with zero attached hydrogens (tertiary/aromatic N) is 1. The van der Waals surface area contributed by atoms with Crippen molar-refractivity contribution in [1.82, 2.24) is 9.71 Å². The first kappa shape index (κ1) is 23.6. The van der Waals surface area contributed by atoms with E-state index in [1.807, 2.05) is 39.1 Å². The van der Waals surface area contributed by atoms with Crippen LogP contribution in [0.15, 0.2) is 24.4 Å². The Balaban J connectivity index is 2.84. The molecule has 0 fully saturated rings. The summed E-state index contributed by atoms with van der Waals surface area (Å²) in [7, 11) is -1.77. The van der Waals surface area contributed by atoms with Crippen LogP contribution in [0.4, 0.5) is 0 Å². The van der Waals surface area contributed by atoms with E-state index in [0.717, 1.165) is 12.1 Å². The summed E-state index contributed by atoms with van der Waals surface area (Å²) in [5, 5.41) is 0.199. The zero-order valence-electron chi connectivity index (χ0n) is 18.1. The molecule has 0 saturated heterocycles. The second kappa shape index (κ2) is 9.19. The first-order valence-electron chi connectivity index (χ1n) is 9.48. The molecular weight excluding hydrogens is 360 g/mol. The zero-order valence-corrected chi connectivity index (χ0v) is 19.9. The van der Waals surface area contributed by atoms with Gasteiger partial charge in [-0.1, -0.05) is 26.8 Å². The lowest BCUT2D eigenvalue weighted by Gasteiger charge is -2.37. The highest BCUT2D eigenvalue weighted by molar-refractivity contribution is 7.90. The number of pyridine rings is 1. The second-order valence-corrected chi connectivity index (χ2v) is 16.4. The van der Waals surface area contributed by atoms with E-state index in [9.17, 15) is 4.55 Å². The van der Waals surface area contributed by atoms with Crippen LogP contribution in [0.5, 0.6) is 0 Å². The van der Waals surface area contributed by atoms with Gasteiger partial charge in [-0.25, -0.2) is 0 Å². The van der Waals surface area contributed by atoms with Crippen LogP contribution in [-0.4, -0.2) is 35.2 Å². The van der Waals surface area contributed by atoms with Crippen LogP contribution in [0.25, 0.3) is 0 Å². The maximum atomic E-state index is 12.5. The van der Waals surface area contributed by atoms with Gasteiger partial charge in [0.1, 0.15) is 4.75 Å². The van der Waals surface area contributed by atoms with Crippen molar-refractivity contribution in [3.05, 3.63) is 30.1 Å². The lowest BCUT2D eigenvalue weighted by molar-refractivity contribution is 0.262. The Morgan fingerprint density at radius 3 is 2.27 bits per heavy atom. The minimum absolute atomic E-state index is 0.0490. The van der Waals surface area contributed by atoms with Crippen molar-refractivity contribution >= 4 is 19.7 Å². The van der Waals surface area contributed by atoms with Crippen molar-refractivity contribution in [3.63, 3.8) is 0 Å². The second-order valence-electron chi connectivity index (χ2n) is 9.55. The Kier molecular flexibility index (Phi) is 8.36. The van der Waals surface area contributed by atoms with Gasteiger partial charge in [-0.2, -0.15) is 0 Å². The molecule has 6 heteroatoms. The quantitative estimate of drug-likeness (QED) is 0.493. The maximum Gasteiger partial charge on any atom is 0.191 e. The van der Waals surface area contributed by atoms with Crippen LogP contribution in [0.3, 0.4) is 0 Å². The third-order valence-electron chi connectivity index (χ3n) is 5.22. The van der Waals surface area contributed by atoms with Crippen LogP contribution in [0.1, 0.15) is 66.5 Å². The topological polar surface area (TPSA) is 57.2 Å². The molecule has 0 aliphatic rings. The van der Waals surface area contributed by atoms with Gasteiger partial charge in [0, 0.05) is 35.8 Å². The number of aromatic nitrogens is 1. The van der Waals surface area contributed by atoms with E-state index in [1.54, 1.807) is 0 Å². The molecule has 150 valence electrons. The average Bonchev–Trinajstić information content (AvgIpc) is 2.50. The summed E-state index contributed by atoms with van der Waals surface area (Å²) in [4.78, 5) is 4.55. The summed E-state index contributed by atoms with van der Waals surface area (Å²) in [6.45, 7) is 20.1. The molecule has 1 N–H and O–H groups in total. The minimum Gasteiger partial charge on any atom is -0.598 e. The van der Waals surface area contributed by atoms with E-state index >= 15 is 0 Å². The predicted molar refractivity (Wildman–Crippen MR) is 115 cm³/mol. The van der Waals surface area contributed by atoms with Gasteiger partial charge < -0.3 is 8.98 Å². The fourth-order valence-electron chi connectivity index (χ4n) is 2.33. The SMILES string of the molecule is CC(N[S@@+]([O-])C(C)(C)C)C(CCO[Si](C)(C)C(C)(C)C)c1ccccn1. The van der Waals surface area contributed by atoms with E-state index in [1.165, 1.54) is 0 Å². The highest BCUT2D eigenvalue weighted by Gasteiger charge is 2.37. The predicted octanol–water partition coefficient (Wildman–Crippen LogP) is 5.02. The van der Waals surface area contributed by atoms with E-state index in [-0.39, 0.29) is 21.7 Å². The van der Waals surface area contributed by atoms with Crippen molar-refractivity contribution in [3.8, 4) is 0 Å². The summed E-state index contributed by atoms with van der Waals surface area (Å²) < 4.78 is 21.9. The van der Waals surface area contributed by atoms with E-state index in [4.69, 9.17) is 4.43 Å². The third-order valence-corrected chi connectivity index (χ3v) is 11.5. The smallest absolute Gasteiger partial charge is 0.191 e. The van der Waals surface area contributed by atoms with Crippen LogP contribution in [0.2, 0.25) is 18.1 Å². The van der Waals surface area contributed by atoms with Crippen molar-refractivity contribution < 1.29 is 8.98 Å². The molecule has 1 aromatic heterocycles. The van der Waals surface area contributed by atoms with Crippen LogP contribution >= 0.6 is 0 Å². The zero-order chi connectivity index (χ0) is 20.2. The van der Waals surface area contributed by atoms with E-state index < -0.39 is 19.7 Å². The van der Waals surface area contributed by atoms with Gasteiger partial charge in [-0.15, -0.1) is 4.72 Å². The number of hydrogen-bond acceptors (Lipinski definition) is 4. The molecule has 1 heterocycles. The first-order valence-corrected chi connectivity index (χ1v) is 13.5. The van der Waals surface area contributed by atoms with Gasteiger partial charge in [-0.3, -0.25) is 4.98 Å². The third kappa shape index (κ3) is 6.96. The Labute approximate surface area is 165 Å². The molecule has 0 aromatic carbocycles. The Morgan fingerprint density at radius 1 is 1.19 bits per heavy atom. The molecule has 0 aliphatic heterocycles. The van der Waals surface area contributed by atoms with Crippen molar-refractivity contribution in [2.24, 2.45) is 0 Å². The van der Waals surface area contributed by atoms with Crippen molar-refractivity contribution in [1.29, 1.82) is 0 Å². The van der Waals surface area contributed by atoms with Gasteiger partial charge in [0.15, 0.2) is 8.32 Å². The summed E-state index contributed by atoms with van der Waals surface area (Å²) in [5.74, 6) is 0.160. The molecule has 1 aromatic rings. The number of nitrogens with one attached hydrogen (secondary N) is 1. The maximum absolute atomic E-state index is 12.5. The van der Waals surface area contributed by atoms with E-state index in [2.05, 4.69) is 56.6 Å². The molecule has 3 atom stereocenters.